The highest BCUT2D eigenvalue weighted by atomic mass is 32.1. The van der Waals surface area contributed by atoms with E-state index in [4.69, 9.17) is 0 Å². The summed E-state index contributed by atoms with van der Waals surface area (Å²) in [6, 6.07) is 25.5. The molecular formula is C32H46N2OS. The molecular weight excluding hydrogens is 460 g/mol. The van der Waals surface area contributed by atoms with Crippen molar-refractivity contribution in [3.05, 3.63) is 94.7 Å². The van der Waals surface area contributed by atoms with Crippen molar-refractivity contribution < 1.29 is 5.11 Å². The van der Waals surface area contributed by atoms with Gasteiger partial charge in [0.05, 0.1) is 5.60 Å². The van der Waals surface area contributed by atoms with Crippen LogP contribution in [-0.4, -0.2) is 53.2 Å². The maximum atomic E-state index is 11.1. The molecule has 1 aliphatic rings. The predicted molar refractivity (Wildman–Crippen MR) is 156 cm³/mol. The van der Waals surface area contributed by atoms with Gasteiger partial charge in [-0.25, -0.2) is 0 Å². The number of aliphatic hydroxyl groups is 1. The summed E-state index contributed by atoms with van der Waals surface area (Å²) in [5.74, 6) is 0.514. The van der Waals surface area contributed by atoms with Crippen LogP contribution in [0.15, 0.2) is 83.6 Å². The summed E-state index contributed by atoms with van der Waals surface area (Å²) in [7, 11) is 0. The van der Waals surface area contributed by atoms with Crippen LogP contribution in [0.1, 0.15) is 69.4 Å². The van der Waals surface area contributed by atoms with Crippen LogP contribution in [0.4, 0.5) is 0 Å². The summed E-state index contributed by atoms with van der Waals surface area (Å²) >= 11 is 1.71. The lowest BCUT2D eigenvalue weighted by atomic mass is 9.83. The van der Waals surface area contributed by atoms with Crippen LogP contribution >= 0.6 is 11.3 Å². The van der Waals surface area contributed by atoms with Crippen molar-refractivity contribution in [2.45, 2.75) is 70.4 Å². The van der Waals surface area contributed by atoms with Crippen LogP contribution < -0.4 is 0 Å². The quantitative estimate of drug-likeness (QED) is 0.258. The van der Waals surface area contributed by atoms with Gasteiger partial charge in [-0.1, -0.05) is 86.6 Å². The van der Waals surface area contributed by atoms with E-state index >= 15 is 0 Å². The largest absolute Gasteiger partial charge is 0.390 e. The summed E-state index contributed by atoms with van der Waals surface area (Å²) < 4.78 is 0. The van der Waals surface area contributed by atoms with E-state index in [1.165, 1.54) is 37.1 Å². The minimum atomic E-state index is -0.464. The highest BCUT2D eigenvalue weighted by Crippen LogP contribution is 2.31. The molecule has 0 amide bonds. The minimum Gasteiger partial charge on any atom is -0.390 e. The Hall–Kier alpha value is -1.98. The topological polar surface area (TPSA) is 26.7 Å². The molecule has 3 aromatic rings. The van der Waals surface area contributed by atoms with Crippen LogP contribution in [0.25, 0.3) is 0 Å². The van der Waals surface area contributed by atoms with Crippen molar-refractivity contribution in [1.29, 1.82) is 0 Å². The van der Waals surface area contributed by atoms with Gasteiger partial charge in [0.25, 0.3) is 0 Å². The number of likely N-dealkylation sites (tertiary alicyclic amines) is 1. The Bertz CT molecular complexity index is 891. The molecule has 1 saturated heterocycles. The lowest BCUT2D eigenvalue weighted by molar-refractivity contribution is -0.0301. The van der Waals surface area contributed by atoms with Crippen LogP contribution in [0, 0.1) is 0 Å². The van der Waals surface area contributed by atoms with E-state index < -0.39 is 5.60 Å². The Morgan fingerprint density at radius 1 is 0.917 bits per heavy atom. The van der Waals surface area contributed by atoms with E-state index in [-0.39, 0.29) is 0 Å². The zero-order valence-corrected chi connectivity index (χ0v) is 23.2. The van der Waals surface area contributed by atoms with Gasteiger partial charge in [-0.3, -0.25) is 4.90 Å². The summed E-state index contributed by atoms with van der Waals surface area (Å²) in [5.41, 5.74) is 2.33. The number of piperidine rings is 1. The van der Waals surface area contributed by atoms with Crippen LogP contribution in [0.5, 0.6) is 0 Å². The second-order valence-electron chi connectivity index (χ2n) is 10.3. The van der Waals surface area contributed by atoms with Gasteiger partial charge in [0.15, 0.2) is 0 Å². The molecule has 1 aromatic heterocycles. The highest BCUT2D eigenvalue weighted by molar-refractivity contribution is 7.07. The number of hydrogen-bond acceptors (Lipinski definition) is 4. The van der Waals surface area contributed by atoms with Crippen LogP contribution in [-0.2, 0) is 6.54 Å². The fourth-order valence-electron chi connectivity index (χ4n) is 4.96. The van der Waals surface area contributed by atoms with Gasteiger partial charge in [-0.2, -0.15) is 11.3 Å². The number of hydrogen-bond donors (Lipinski definition) is 1. The monoisotopic (exact) mass is 506 g/mol. The molecule has 1 fully saturated rings. The number of rotatable bonds is 12. The Balaban J connectivity index is 0.000000642. The molecule has 0 saturated carbocycles. The second-order valence-corrected chi connectivity index (χ2v) is 11.1. The molecule has 1 unspecified atom stereocenters. The first kappa shape index (κ1) is 28.6. The Morgan fingerprint density at radius 2 is 1.56 bits per heavy atom. The number of thiophene rings is 1. The molecule has 4 rings (SSSR count). The average Bonchev–Trinajstić information content (AvgIpc) is 3.52. The molecule has 0 spiro atoms. The molecule has 3 nitrogen and oxygen atoms in total. The van der Waals surface area contributed by atoms with Gasteiger partial charge < -0.3 is 10.0 Å². The van der Waals surface area contributed by atoms with E-state index in [0.717, 1.165) is 51.9 Å². The third-order valence-corrected chi connectivity index (χ3v) is 8.15. The van der Waals surface area contributed by atoms with Gasteiger partial charge >= 0.3 is 0 Å². The first-order valence-corrected chi connectivity index (χ1v) is 14.8. The number of benzene rings is 2. The average molecular weight is 507 g/mol. The Kier molecular flexibility index (Phi) is 12.7. The van der Waals surface area contributed by atoms with Crippen molar-refractivity contribution in [3.63, 3.8) is 0 Å². The van der Waals surface area contributed by atoms with E-state index in [0.29, 0.717) is 5.92 Å². The SMILES string of the molecule is CCN(CCCCN1CCC(O)(CCC(C)c2ccccc2)CC1)Cc1ccccc1.c1ccsc1. The molecule has 0 aliphatic carbocycles. The molecule has 4 heteroatoms. The van der Waals surface area contributed by atoms with Gasteiger partial charge in [0, 0.05) is 19.6 Å². The molecule has 2 aromatic carbocycles. The van der Waals surface area contributed by atoms with Crippen molar-refractivity contribution >= 4 is 11.3 Å². The second kappa shape index (κ2) is 16.0. The normalized spacial score (nSPS) is 16.3. The van der Waals surface area contributed by atoms with Gasteiger partial charge in [0.1, 0.15) is 0 Å². The summed E-state index contributed by atoms with van der Waals surface area (Å²) in [5, 5.41) is 15.2. The van der Waals surface area contributed by atoms with Crippen molar-refractivity contribution in [3.8, 4) is 0 Å². The van der Waals surface area contributed by atoms with Crippen LogP contribution in [0.3, 0.4) is 0 Å². The fraction of sp³-hybridized carbons (Fsp3) is 0.500. The molecule has 1 atom stereocenters. The van der Waals surface area contributed by atoms with E-state index in [2.05, 4.69) is 84.3 Å². The first-order chi connectivity index (χ1) is 17.6. The van der Waals surface area contributed by atoms with Crippen molar-refractivity contribution in [1.82, 2.24) is 9.80 Å². The lowest BCUT2D eigenvalue weighted by Crippen LogP contribution is -2.44. The minimum absolute atomic E-state index is 0.464. The summed E-state index contributed by atoms with van der Waals surface area (Å²) in [4.78, 5) is 5.10. The molecule has 196 valence electrons. The standard InChI is InChI=1S/C28H42N2O.C4H4S/c1-3-29(24-26-12-6-4-7-13-26)20-10-11-21-30-22-18-28(31,19-23-30)17-16-25(2)27-14-8-5-9-15-27;1-2-4-5-3-1/h4-9,12-15,25,31H,3,10-11,16-24H2,1-2H3;1-4H. The Labute approximate surface area is 223 Å². The van der Waals surface area contributed by atoms with Gasteiger partial charge in [0.2, 0.25) is 0 Å². The Morgan fingerprint density at radius 3 is 2.14 bits per heavy atom. The molecule has 36 heavy (non-hydrogen) atoms. The zero-order valence-electron chi connectivity index (χ0n) is 22.4. The zero-order chi connectivity index (χ0) is 25.5. The molecule has 0 bridgehead atoms. The van der Waals surface area contributed by atoms with E-state index in [1.54, 1.807) is 11.3 Å². The van der Waals surface area contributed by atoms with Crippen LogP contribution in [0.2, 0.25) is 0 Å². The van der Waals surface area contributed by atoms with Crippen molar-refractivity contribution in [2.75, 3.05) is 32.7 Å². The van der Waals surface area contributed by atoms with Gasteiger partial charge in [-0.05, 0) is 86.0 Å². The van der Waals surface area contributed by atoms with E-state index in [1.807, 2.05) is 22.9 Å². The molecule has 1 N–H and O–H groups in total. The summed E-state index contributed by atoms with van der Waals surface area (Å²) in [6.07, 6.45) is 6.31. The third-order valence-electron chi connectivity index (χ3n) is 7.52. The molecule has 1 aliphatic heterocycles. The smallest absolute Gasteiger partial charge is 0.0672 e. The van der Waals surface area contributed by atoms with E-state index in [9.17, 15) is 5.11 Å². The van der Waals surface area contributed by atoms with Gasteiger partial charge in [-0.15, -0.1) is 0 Å². The molecule has 0 radical (unpaired) electrons. The fourth-order valence-corrected chi connectivity index (χ4v) is 5.42. The summed E-state index contributed by atoms with van der Waals surface area (Å²) in [6.45, 7) is 11.1. The number of unbranched alkanes of at least 4 members (excludes halogenated alkanes) is 1. The molecule has 2 heterocycles. The highest BCUT2D eigenvalue weighted by Gasteiger charge is 2.32. The maximum Gasteiger partial charge on any atom is 0.0672 e. The predicted octanol–water partition coefficient (Wildman–Crippen LogP) is 7.45. The number of nitrogens with zero attached hydrogens (tertiary/aromatic N) is 2. The first-order valence-electron chi connectivity index (χ1n) is 13.8. The maximum absolute atomic E-state index is 11.1. The van der Waals surface area contributed by atoms with Crippen molar-refractivity contribution in [2.24, 2.45) is 0 Å². The third kappa shape index (κ3) is 10.6. The lowest BCUT2D eigenvalue weighted by Gasteiger charge is -2.39.